The number of nitrogens with one attached hydrogen (secondary N) is 2. The molecule has 4 saturated carbocycles. The molecule has 50 heavy (non-hydrogen) atoms. The van der Waals surface area contributed by atoms with Gasteiger partial charge in [-0.25, -0.2) is 4.79 Å². The number of halogens is 1. The molecule has 6 fully saturated rings. The fourth-order valence-electron chi connectivity index (χ4n) is 10.00. The van der Waals surface area contributed by atoms with E-state index >= 15 is 0 Å². The second-order valence-corrected chi connectivity index (χ2v) is 16.4. The van der Waals surface area contributed by atoms with Crippen molar-refractivity contribution in [1.82, 2.24) is 15.5 Å². The summed E-state index contributed by atoms with van der Waals surface area (Å²) < 4.78 is 13.2. The number of nitrogens with zero attached hydrogens (tertiary/aromatic N) is 1. The summed E-state index contributed by atoms with van der Waals surface area (Å²) in [4.78, 5) is 15.4. The molecule has 4 bridgehead atoms. The maximum Gasteiger partial charge on any atom is 0.315 e. The molecule has 3 aromatic carbocycles. The van der Waals surface area contributed by atoms with Crippen molar-refractivity contribution in [1.29, 1.82) is 0 Å². The third-order valence-electron chi connectivity index (χ3n) is 12.3. The number of hydrogen-bond acceptors (Lipinski definition) is 6. The van der Waals surface area contributed by atoms with Crippen LogP contribution in [0.2, 0.25) is 5.02 Å². The van der Waals surface area contributed by atoms with Crippen LogP contribution in [0.5, 0.6) is 0 Å². The topological polar surface area (TPSA) is 103 Å². The van der Waals surface area contributed by atoms with E-state index < -0.39 is 11.9 Å². The average molecular weight is 700 g/mol. The van der Waals surface area contributed by atoms with E-state index in [9.17, 15) is 15.0 Å². The van der Waals surface area contributed by atoms with Gasteiger partial charge in [-0.3, -0.25) is 0 Å². The van der Waals surface area contributed by atoms with Gasteiger partial charge in [0, 0.05) is 48.7 Å². The molecule has 3 aromatic rings. The molecule has 0 aromatic heterocycles. The number of likely N-dealkylation sites (tertiary alicyclic amines) is 1. The first-order valence-electron chi connectivity index (χ1n) is 18.6. The van der Waals surface area contributed by atoms with Crippen molar-refractivity contribution in [2.45, 2.75) is 101 Å². The molecule has 0 radical (unpaired) electrons. The lowest BCUT2D eigenvalue weighted by Gasteiger charge is -2.56. The lowest BCUT2D eigenvalue weighted by atomic mass is 9.53. The molecule has 9 heteroatoms. The fourth-order valence-corrected chi connectivity index (χ4v) is 10.1. The Morgan fingerprint density at radius 2 is 1.40 bits per heavy atom. The Morgan fingerprint density at radius 3 is 2.02 bits per heavy atom. The zero-order valence-corrected chi connectivity index (χ0v) is 29.5. The zero-order chi connectivity index (χ0) is 34.3. The number of hydrogen-bond donors (Lipinski definition) is 4. The predicted octanol–water partition coefficient (Wildman–Crippen LogP) is 7.13. The van der Waals surface area contributed by atoms with Gasteiger partial charge in [0.05, 0.1) is 24.4 Å². The van der Waals surface area contributed by atoms with Gasteiger partial charge in [0.2, 0.25) is 0 Å². The molecule has 2 amide bonds. The maximum atomic E-state index is 13.0. The number of benzene rings is 3. The van der Waals surface area contributed by atoms with Crippen LogP contribution in [0.15, 0.2) is 72.8 Å². The average Bonchev–Trinajstić information content (AvgIpc) is 3.11. The standard InChI is InChI=1S/C41H50ClN3O5/c42-35-11-9-34(10-12-35)41(48)13-15-45(16-14-41)25-36-20-37(32-5-3-28(26-46)4-6-32)50-38(49-36)33-7-1-27(2-8-33)24-43-39(47)44-40-21-29-17-30(22-40)19-31(18-29)23-40/h1-12,29-31,36-38,46,48H,13-26H2,(H2,43,44,47)/t29?,30?,31?,36-,37+,38+,40?/m0/s1. The summed E-state index contributed by atoms with van der Waals surface area (Å²) in [7, 11) is 0. The Balaban J connectivity index is 0.900. The second-order valence-electron chi connectivity index (χ2n) is 15.9. The molecule has 2 heterocycles. The van der Waals surface area contributed by atoms with E-state index in [0.29, 0.717) is 30.8 Å². The van der Waals surface area contributed by atoms with Gasteiger partial charge in [-0.15, -0.1) is 0 Å². The van der Waals surface area contributed by atoms with Crippen molar-refractivity contribution >= 4 is 17.6 Å². The maximum absolute atomic E-state index is 13.0. The van der Waals surface area contributed by atoms with E-state index in [-0.39, 0.29) is 30.4 Å². The minimum absolute atomic E-state index is 0.00261. The Bertz CT molecular complexity index is 1590. The number of aliphatic hydroxyl groups is 2. The van der Waals surface area contributed by atoms with E-state index in [4.69, 9.17) is 21.1 Å². The van der Waals surface area contributed by atoms with E-state index in [2.05, 4.69) is 15.5 Å². The molecule has 2 aliphatic heterocycles. The lowest BCUT2D eigenvalue weighted by molar-refractivity contribution is -0.253. The van der Waals surface area contributed by atoms with Crippen molar-refractivity contribution in [3.63, 3.8) is 0 Å². The van der Waals surface area contributed by atoms with E-state index in [0.717, 1.165) is 84.5 Å². The molecular weight excluding hydrogens is 650 g/mol. The highest BCUT2D eigenvalue weighted by Gasteiger charge is 2.51. The third kappa shape index (κ3) is 7.48. The molecule has 3 atom stereocenters. The highest BCUT2D eigenvalue weighted by molar-refractivity contribution is 6.30. The normalized spacial score (nSPS) is 31.7. The Kier molecular flexibility index (Phi) is 9.70. The van der Waals surface area contributed by atoms with Crippen LogP contribution in [0.4, 0.5) is 4.79 Å². The Hall–Kier alpha value is -2.98. The van der Waals surface area contributed by atoms with Crippen LogP contribution in [-0.4, -0.2) is 52.4 Å². The number of amides is 2. The number of urea groups is 1. The van der Waals surface area contributed by atoms with Crippen molar-refractivity contribution in [2.75, 3.05) is 19.6 Å². The molecule has 6 aliphatic rings. The van der Waals surface area contributed by atoms with Gasteiger partial charge < -0.3 is 35.2 Å². The van der Waals surface area contributed by atoms with Gasteiger partial charge in [-0.05, 0) is 104 Å². The Labute approximate surface area is 300 Å². The predicted molar refractivity (Wildman–Crippen MR) is 192 cm³/mol. The highest BCUT2D eigenvalue weighted by Crippen LogP contribution is 2.55. The minimum atomic E-state index is -0.858. The van der Waals surface area contributed by atoms with Crippen LogP contribution in [0.3, 0.4) is 0 Å². The van der Waals surface area contributed by atoms with Crippen molar-refractivity contribution in [2.24, 2.45) is 17.8 Å². The van der Waals surface area contributed by atoms with Gasteiger partial charge in [0.15, 0.2) is 6.29 Å². The van der Waals surface area contributed by atoms with Crippen LogP contribution >= 0.6 is 11.6 Å². The summed E-state index contributed by atoms with van der Waals surface area (Å²) in [6.07, 6.45) is 8.68. The molecule has 9 rings (SSSR count). The highest BCUT2D eigenvalue weighted by atomic mass is 35.5. The zero-order valence-electron chi connectivity index (χ0n) is 28.7. The molecule has 266 valence electrons. The summed E-state index contributed by atoms with van der Waals surface area (Å²) in [6, 6.07) is 23.6. The first-order chi connectivity index (χ1) is 24.2. The summed E-state index contributed by atoms with van der Waals surface area (Å²) in [5.74, 6) is 2.37. The number of carbonyl (C=O) groups excluding carboxylic acids is 1. The van der Waals surface area contributed by atoms with Crippen LogP contribution in [0.1, 0.15) is 98.0 Å². The lowest BCUT2D eigenvalue weighted by Crippen LogP contribution is -2.61. The number of aliphatic hydroxyl groups excluding tert-OH is 1. The SMILES string of the molecule is O=C(NCc1ccc([C@@H]2O[C@H](CN3CCC(O)(c4ccc(Cl)cc4)CC3)C[C@H](c3ccc(CO)cc3)O2)cc1)NC12CC3CC(CC(C3)C1)C2. The van der Waals surface area contributed by atoms with Crippen molar-refractivity contribution in [3.05, 3.63) is 106 Å². The summed E-state index contributed by atoms with van der Waals surface area (Å²) in [5, 5.41) is 28.2. The van der Waals surface area contributed by atoms with Crippen LogP contribution < -0.4 is 10.6 Å². The summed E-state index contributed by atoms with van der Waals surface area (Å²) >= 11 is 6.09. The van der Waals surface area contributed by atoms with E-state index in [1.54, 1.807) is 0 Å². The monoisotopic (exact) mass is 699 g/mol. The van der Waals surface area contributed by atoms with Gasteiger partial charge in [-0.1, -0.05) is 72.3 Å². The largest absolute Gasteiger partial charge is 0.392 e. The van der Waals surface area contributed by atoms with Gasteiger partial charge in [0.1, 0.15) is 0 Å². The number of piperidine rings is 1. The summed E-state index contributed by atoms with van der Waals surface area (Å²) in [6.45, 7) is 2.73. The fraction of sp³-hybridized carbons (Fsp3) is 0.537. The van der Waals surface area contributed by atoms with E-state index in [1.165, 1.54) is 19.3 Å². The molecule has 0 unspecified atom stereocenters. The van der Waals surface area contributed by atoms with Crippen LogP contribution in [-0.2, 0) is 28.2 Å². The van der Waals surface area contributed by atoms with Crippen molar-refractivity contribution < 1.29 is 24.5 Å². The molecule has 4 N–H and O–H groups in total. The Morgan fingerprint density at radius 1 is 0.800 bits per heavy atom. The number of carbonyl (C=O) groups is 1. The molecular formula is C41H50ClN3O5. The third-order valence-corrected chi connectivity index (χ3v) is 12.5. The van der Waals surface area contributed by atoms with E-state index in [1.807, 2.05) is 72.8 Å². The first kappa shape index (κ1) is 34.1. The molecule has 4 aliphatic carbocycles. The summed E-state index contributed by atoms with van der Waals surface area (Å²) in [5.41, 5.74) is 3.94. The van der Waals surface area contributed by atoms with Gasteiger partial charge >= 0.3 is 6.03 Å². The van der Waals surface area contributed by atoms with Crippen LogP contribution in [0.25, 0.3) is 0 Å². The van der Waals surface area contributed by atoms with Crippen molar-refractivity contribution in [3.8, 4) is 0 Å². The number of ether oxygens (including phenoxy) is 2. The molecule has 8 nitrogen and oxygen atoms in total. The second kappa shape index (κ2) is 14.2. The quantitative estimate of drug-likeness (QED) is 0.190. The molecule has 2 saturated heterocycles. The van der Waals surface area contributed by atoms with Gasteiger partial charge in [0.25, 0.3) is 0 Å². The van der Waals surface area contributed by atoms with Gasteiger partial charge in [-0.2, -0.15) is 0 Å². The smallest absolute Gasteiger partial charge is 0.315 e. The number of rotatable bonds is 9. The first-order valence-corrected chi connectivity index (χ1v) is 19.0. The van der Waals surface area contributed by atoms with Crippen LogP contribution in [0, 0.1) is 17.8 Å². The minimum Gasteiger partial charge on any atom is -0.392 e. The molecule has 0 spiro atoms.